The first-order chi connectivity index (χ1) is 8.93. The summed E-state index contributed by atoms with van der Waals surface area (Å²) in [6.07, 6.45) is 1.08. The lowest BCUT2D eigenvalue weighted by molar-refractivity contribution is -0.139. The van der Waals surface area contributed by atoms with Gasteiger partial charge in [0.05, 0.1) is 5.69 Å². The van der Waals surface area contributed by atoms with Gasteiger partial charge in [0.2, 0.25) is 0 Å². The molecule has 0 saturated carbocycles. The zero-order valence-electron chi connectivity index (χ0n) is 10.2. The zero-order valence-corrected chi connectivity index (χ0v) is 14.0. The molecule has 0 radical (unpaired) electrons. The van der Waals surface area contributed by atoms with E-state index in [0.717, 1.165) is 8.04 Å². The van der Waals surface area contributed by atoms with Crippen LogP contribution in [-0.4, -0.2) is 23.1 Å². The van der Waals surface area contributed by atoms with E-state index in [1.165, 1.54) is 0 Å². The first-order valence-corrected chi connectivity index (χ1v) is 7.56. The van der Waals surface area contributed by atoms with Crippen LogP contribution in [0.2, 0.25) is 0 Å². The van der Waals surface area contributed by atoms with Crippen molar-refractivity contribution in [1.29, 1.82) is 0 Å². The molecule has 0 fully saturated rings. The summed E-state index contributed by atoms with van der Waals surface area (Å²) in [5.74, 6) is -1.03. The Morgan fingerprint density at radius 3 is 2.68 bits per heavy atom. The number of amides is 2. The summed E-state index contributed by atoms with van der Waals surface area (Å²) in [6.45, 7) is 1.87. The molecule has 1 aromatic carbocycles. The molecule has 104 valence electrons. The summed E-state index contributed by atoms with van der Waals surface area (Å²) in [4.78, 5) is 22.7. The second-order valence-corrected chi connectivity index (χ2v) is 6.00. The summed E-state index contributed by atoms with van der Waals surface area (Å²) in [7, 11) is 0. The molecule has 0 aliphatic heterocycles. The van der Waals surface area contributed by atoms with Gasteiger partial charge in [0, 0.05) is 8.04 Å². The number of rotatable bonds is 5. The quantitative estimate of drug-likeness (QED) is 0.614. The number of aliphatic carboxylic acids is 1. The Morgan fingerprint density at radius 2 is 2.16 bits per heavy atom. The Morgan fingerprint density at radius 1 is 1.47 bits per heavy atom. The summed E-state index contributed by atoms with van der Waals surface area (Å²) in [5.41, 5.74) is 0.596. The van der Waals surface area contributed by atoms with Crippen molar-refractivity contribution in [1.82, 2.24) is 5.32 Å². The number of carboxylic acids is 1. The van der Waals surface area contributed by atoms with E-state index < -0.39 is 18.0 Å². The van der Waals surface area contributed by atoms with Crippen LogP contribution in [0.1, 0.15) is 19.8 Å². The topological polar surface area (TPSA) is 78.4 Å². The molecule has 0 aromatic heterocycles. The highest BCUT2D eigenvalue weighted by Gasteiger charge is 2.18. The normalized spacial score (nSPS) is 11.7. The molecule has 0 spiro atoms. The highest BCUT2D eigenvalue weighted by Crippen LogP contribution is 2.24. The van der Waals surface area contributed by atoms with Gasteiger partial charge in [-0.1, -0.05) is 13.3 Å². The van der Waals surface area contributed by atoms with Crippen molar-refractivity contribution < 1.29 is 14.7 Å². The van der Waals surface area contributed by atoms with Gasteiger partial charge >= 0.3 is 12.0 Å². The Bertz CT molecular complexity index is 482. The minimum absolute atomic E-state index is 0.399. The number of hydrogen-bond donors (Lipinski definition) is 3. The molecule has 19 heavy (non-hydrogen) atoms. The molecule has 3 N–H and O–H groups in total. The van der Waals surface area contributed by atoms with Crippen LogP contribution in [0, 0.1) is 3.57 Å². The van der Waals surface area contributed by atoms with E-state index in [4.69, 9.17) is 5.11 Å². The number of carbonyl (C=O) groups excluding carboxylic acids is 1. The summed E-state index contributed by atoms with van der Waals surface area (Å²) in [5, 5.41) is 14.0. The zero-order chi connectivity index (χ0) is 14.4. The van der Waals surface area contributed by atoms with Crippen molar-refractivity contribution >= 4 is 56.2 Å². The number of benzene rings is 1. The maximum atomic E-state index is 11.7. The SMILES string of the molecule is CCC[C@H](NC(=O)Nc1ccc(I)cc1Br)C(=O)O. The average molecular weight is 441 g/mol. The third-order valence-electron chi connectivity index (χ3n) is 2.36. The molecule has 2 amide bonds. The molecular formula is C12H14BrIN2O3. The van der Waals surface area contributed by atoms with Crippen LogP contribution in [0.5, 0.6) is 0 Å². The third kappa shape index (κ3) is 5.35. The maximum Gasteiger partial charge on any atom is 0.326 e. The van der Waals surface area contributed by atoms with Crippen molar-refractivity contribution in [3.8, 4) is 0 Å². The average Bonchev–Trinajstić information content (AvgIpc) is 2.32. The molecule has 0 aliphatic carbocycles. The number of carboxylic acid groups (broad SMARTS) is 1. The first-order valence-electron chi connectivity index (χ1n) is 5.69. The molecule has 0 bridgehead atoms. The predicted octanol–water partition coefficient (Wildman–Crippen LogP) is 3.43. The molecule has 0 saturated heterocycles. The van der Waals surface area contributed by atoms with Crippen LogP contribution < -0.4 is 10.6 Å². The fourth-order valence-electron chi connectivity index (χ4n) is 1.45. The summed E-state index contributed by atoms with van der Waals surface area (Å²) < 4.78 is 1.78. The van der Waals surface area contributed by atoms with Crippen LogP contribution >= 0.6 is 38.5 Å². The second kappa shape index (κ2) is 7.68. The first kappa shape index (κ1) is 16.2. The van der Waals surface area contributed by atoms with Crippen molar-refractivity contribution in [2.45, 2.75) is 25.8 Å². The van der Waals surface area contributed by atoms with Crippen LogP contribution in [0.4, 0.5) is 10.5 Å². The summed E-state index contributed by atoms with van der Waals surface area (Å²) in [6, 6.07) is 4.06. The van der Waals surface area contributed by atoms with Crippen LogP contribution in [-0.2, 0) is 4.79 Å². The lowest BCUT2D eigenvalue weighted by Crippen LogP contribution is -2.42. The Balaban J connectivity index is 2.66. The molecule has 5 nitrogen and oxygen atoms in total. The number of nitrogens with one attached hydrogen (secondary N) is 2. The molecule has 1 rings (SSSR count). The molecular weight excluding hydrogens is 427 g/mol. The molecule has 0 unspecified atom stereocenters. The van der Waals surface area contributed by atoms with Gasteiger partial charge in [0.15, 0.2) is 0 Å². The third-order valence-corrected chi connectivity index (χ3v) is 3.69. The smallest absolute Gasteiger partial charge is 0.326 e. The van der Waals surface area contributed by atoms with Crippen molar-refractivity contribution in [2.75, 3.05) is 5.32 Å². The monoisotopic (exact) mass is 440 g/mol. The molecule has 1 aromatic rings. The Kier molecular flexibility index (Phi) is 6.56. The minimum Gasteiger partial charge on any atom is -0.480 e. The van der Waals surface area contributed by atoms with Crippen LogP contribution in [0.25, 0.3) is 0 Å². The van der Waals surface area contributed by atoms with Crippen molar-refractivity contribution in [3.63, 3.8) is 0 Å². The molecule has 7 heteroatoms. The number of hydrogen-bond acceptors (Lipinski definition) is 2. The van der Waals surface area contributed by atoms with E-state index in [9.17, 15) is 9.59 Å². The van der Waals surface area contributed by atoms with Gasteiger partial charge in [-0.05, 0) is 63.1 Å². The van der Waals surface area contributed by atoms with E-state index >= 15 is 0 Å². The molecule has 0 heterocycles. The number of carbonyl (C=O) groups is 2. The van der Waals surface area contributed by atoms with Crippen molar-refractivity contribution in [2.24, 2.45) is 0 Å². The van der Waals surface area contributed by atoms with E-state index in [1.54, 1.807) is 6.07 Å². The standard InChI is InChI=1S/C12H14BrIN2O3/c1-2-3-10(11(17)18)16-12(19)15-9-5-4-7(14)6-8(9)13/h4-6,10H,2-3H2,1H3,(H,17,18)(H2,15,16,19)/t10-/m0/s1. The van der Waals surface area contributed by atoms with Gasteiger partial charge < -0.3 is 15.7 Å². The van der Waals surface area contributed by atoms with Gasteiger partial charge in [-0.2, -0.15) is 0 Å². The second-order valence-electron chi connectivity index (χ2n) is 3.90. The van der Waals surface area contributed by atoms with Crippen LogP contribution in [0.15, 0.2) is 22.7 Å². The van der Waals surface area contributed by atoms with E-state index in [0.29, 0.717) is 18.5 Å². The fraction of sp³-hybridized carbons (Fsp3) is 0.333. The van der Waals surface area contributed by atoms with Gasteiger partial charge in [0.25, 0.3) is 0 Å². The number of urea groups is 1. The Hall–Kier alpha value is -0.830. The molecule has 0 aliphatic rings. The van der Waals surface area contributed by atoms with Gasteiger partial charge in [-0.15, -0.1) is 0 Å². The molecule has 1 atom stereocenters. The highest BCUT2D eigenvalue weighted by molar-refractivity contribution is 14.1. The predicted molar refractivity (Wildman–Crippen MR) is 85.3 cm³/mol. The van der Waals surface area contributed by atoms with E-state index in [2.05, 4.69) is 49.2 Å². The van der Waals surface area contributed by atoms with E-state index in [1.807, 2.05) is 19.1 Å². The van der Waals surface area contributed by atoms with Gasteiger partial charge in [0.1, 0.15) is 6.04 Å². The number of halogens is 2. The largest absolute Gasteiger partial charge is 0.480 e. The van der Waals surface area contributed by atoms with Gasteiger partial charge in [-0.25, -0.2) is 9.59 Å². The van der Waals surface area contributed by atoms with Crippen molar-refractivity contribution in [3.05, 3.63) is 26.2 Å². The highest BCUT2D eigenvalue weighted by atomic mass is 127. The van der Waals surface area contributed by atoms with Crippen LogP contribution in [0.3, 0.4) is 0 Å². The van der Waals surface area contributed by atoms with E-state index in [-0.39, 0.29) is 0 Å². The summed E-state index contributed by atoms with van der Waals surface area (Å²) >= 11 is 5.50. The minimum atomic E-state index is -1.03. The Labute approximate surface area is 133 Å². The fourth-order valence-corrected chi connectivity index (χ4v) is 2.85. The lowest BCUT2D eigenvalue weighted by Gasteiger charge is -2.15. The maximum absolute atomic E-state index is 11.7. The lowest BCUT2D eigenvalue weighted by atomic mass is 10.2. The number of anilines is 1. The van der Waals surface area contributed by atoms with Gasteiger partial charge in [-0.3, -0.25) is 0 Å².